The van der Waals surface area contributed by atoms with Crippen molar-refractivity contribution in [3.8, 4) is 0 Å². The molecule has 2 aromatic carbocycles. The summed E-state index contributed by atoms with van der Waals surface area (Å²) in [6.07, 6.45) is 4.00. The minimum atomic E-state index is -0.206. The van der Waals surface area contributed by atoms with Crippen LogP contribution in [0.2, 0.25) is 0 Å². The second-order valence-corrected chi connectivity index (χ2v) is 8.57. The Morgan fingerprint density at radius 2 is 1.70 bits per heavy atom. The number of rotatable bonds is 9. The van der Waals surface area contributed by atoms with Crippen LogP contribution in [0.4, 0.5) is 17.1 Å². The van der Waals surface area contributed by atoms with Crippen molar-refractivity contribution < 1.29 is 19.1 Å². The Balaban J connectivity index is 1.24. The molecule has 0 radical (unpaired) electrons. The van der Waals surface area contributed by atoms with Crippen molar-refractivity contribution >= 4 is 34.8 Å². The van der Waals surface area contributed by atoms with Crippen LogP contribution in [0.3, 0.4) is 0 Å². The summed E-state index contributed by atoms with van der Waals surface area (Å²) in [5.74, 6) is -0.195. The quantitative estimate of drug-likeness (QED) is 0.469. The molecule has 1 heterocycles. The molecular formula is C25H30N4O4. The van der Waals surface area contributed by atoms with Crippen LogP contribution in [-0.2, 0) is 14.3 Å². The summed E-state index contributed by atoms with van der Waals surface area (Å²) in [5.41, 5.74) is 3.49. The van der Waals surface area contributed by atoms with Crippen molar-refractivity contribution in [2.24, 2.45) is 5.92 Å². The number of hydrogen-bond acceptors (Lipinski definition) is 5. The zero-order valence-electron chi connectivity index (χ0n) is 18.8. The molecule has 1 aliphatic carbocycles. The maximum Gasteiger partial charge on any atom is 0.251 e. The van der Waals surface area contributed by atoms with E-state index in [0.29, 0.717) is 23.5 Å². The summed E-state index contributed by atoms with van der Waals surface area (Å²) in [6.45, 7) is 3.22. The van der Waals surface area contributed by atoms with E-state index in [1.165, 1.54) is 0 Å². The number of hydrogen-bond donors (Lipinski definition) is 4. The molecule has 33 heavy (non-hydrogen) atoms. The van der Waals surface area contributed by atoms with Crippen molar-refractivity contribution in [2.45, 2.75) is 38.7 Å². The number of ether oxygens (including phenoxy) is 1. The van der Waals surface area contributed by atoms with Crippen LogP contribution in [0.15, 0.2) is 42.5 Å². The van der Waals surface area contributed by atoms with Gasteiger partial charge in [-0.25, -0.2) is 0 Å². The molecular weight excluding hydrogens is 420 g/mol. The fraction of sp³-hybridized carbons (Fsp3) is 0.400. The van der Waals surface area contributed by atoms with Crippen LogP contribution in [0, 0.1) is 12.8 Å². The third-order valence-corrected chi connectivity index (χ3v) is 5.93. The molecule has 1 unspecified atom stereocenters. The highest BCUT2D eigenvalue weighted by Gasteiger charge is 2.29. The van der Waals surface area contributed by atoms with Crippen molar-refractivity contribution in [3.63, 3.8) is 0 Å². The molecule has 8 nitrogen and oxygen atoms in total. The molecule has 2 aliphatic rings. The minimum absolute atomic E-state index is 0.0345. The predicted octanol–water partition coefficient (Wildman–Crippen LogP) is 3.30. The van der Waals surface area contributed by atoms with Gasteiger partial charge in [-0.1, -0.05) is 6.07 Å². The van der Waals surface area contributed by atoms with E-state index in [-0.39, 0.29) is 36.3 Å². The van der Waals surface area contributed by atoms with Gasteiger partial charge in [-0.2, -0.15) is 0 Å². The molecule has 3 amide bonds. The molecule has 0 bridgehead atoms. The van der Waals surface area contributed by atoms with Gasteiger partial charge in [0.15, 0.2) is 0 Å². The van der Waals surface area contributed by atoms with Gasteiger partial charge in [0.2, 0.25) is 11.8 Å². The van der Waals surface area contributed by atoms with Gasteiger partial charge in [0.1, 0.15) is 0 Å². The van der Waals surface area contributed by atoms with Crippen molar-refractivity contribution in [1.82, 2.24) is 5.32 Å². The zero-order valence-corrected chi connectivity index (χ0v) is 18.8. The molecule has 1 atom stereocenters. The molecule has 2 fully saturated rings. The van der Waals surface area contributed by atoms with Gasteiger partial charge < -0.3 is 26.0 Å². The molecule has 174 valence electrons. The highest BCUT2D eigenvalue weighted by atomic mass is 16.5. The van der Waals surface area contributed by atoms with Crippen molar-refractivity contribution in [3.05, 3.63) is 53.6 Å². The van der Waals surface area contributed by atoms with Gasteiger partial charge in [-0.15, -0.1) is 0 Å². The topological polar surface area (TPSA) is 109 Å². The second-order valence-electron chi connectivity index (χ2n) is 8.57. The fourth-order valence-corrected chi connectivity index (χ4v) is 3.72. The molecule has 8 heteroatoms. The van der Waals surface area contributed by atoms with E-state index in [2.05, 4.69) is 21.3 Å². The standard InChI is InChI=1S/C25H30N4O4/c1-16-21(5-2-6-22(16)29-25(32)18-7-8-18)28-23(30)15-26-19-11-9-17(10-12-19)24(31)27-14-20-4-3-13-33-20/h2,5-6,9-12,18,20,26H,3-4,7-8,13-15H2,1H3,(H,27,31)(H,28,30)(H,29,32). The van der Waals surface area contributed by atoms with Gasteiger partial charge in [0.25, 0.3) is 5.91 Å². The average molecular weight is 451 g/mol. The summed E-state index contributed by atoms with van der Waals surface area (Å²) < 4.78 is 5.52. The first-order valence-corrected chi connectivity index (χ1v) is 11.4. The largest absolute Gasteiger partial charge is 0.376 e. The molecule has 1 saturated heterocycles. The first kappa shape index (κ1) is 22.8. The molecule has 1 aliphatic heterocycles. The number of anilines is 3. The first-order valence-electron chi connectivity index (χ1n) is 11.4. The summed E-state index contributed by atoms with van der Waals surface area (Å²) in [6, 6.07) is 12.4. The summed E-state index contributed by atoms with van der Waals surface area (Å²) in [5, 5.41) is 11.8. The molecule has 0 spiro atoms. The van der Waals surface area contributed by atoms with Gasteiger partial charge in [0, 0.05) is 41.7 Å². The Labute approximate surface area is 193 Å². The number of nitrogens with one attached hydrogen (secondary N) is 4. The van der Waals surface area contributed by atoms with Crippen LogP contribution < -0.4 is 21.3 Å². The Kier molecular flexibility index (Phi) is 7.24. The number of amides is 3. The average Bonchev–Trinajstić information content (AvgIpc) is 3.55. The summed E-state index contributed by atoms with van der Waals surface area (Å²) in [7, 11) is 0. The number of carbonyl (C=O) groups excluding carboxylic acids is 3. The zero-order chi connectivity index (χ0) is 23.2. The van der Waals surface area contributed by atoms with Crippen LogP contribution in [-0.4, -0.2) is 43.5 Å². The van der Waals surface area contributed by atoms with Gasteiger partial charge >= 0.3 is 0 Å². The fourth-order valence-electron chi connectivity index (χ4n) is 3.72. The minimum Gasteiger partial charge on any atom is -0.376 e. The summed E-state index contributed by atoms with van der Waals surface area (Å²) in [4.78, 5) is 36.8. The highest BCUT2D eigenvalue weighted by Crippen LogP contribution is 2.31. The maximum atomic E-state index is 12.4. The monoisotopic (exact) mass is 450 g/mol. The number of benzene rings is 2. The number of carbonyl (C=O) groups is 3. The van der Waals surface area contributed by atoms with E-state index < -0.39 is 0 Å². The Bertz CT molecular complexity index is 1010. The van der Waals surface area contributed by atoms with E-state index in [4.69, 9.17) is 4.74 Å². The third kappa shape index (κ3) is 6.32. The van der Waals surface area contributed by atoms with E-state index >= 15 is 0 Å². The Morgan fingerprint density at radius 3 is 2.36 bits per heavy atom. The van der Waals surface area contributed by atoms with Crippen molar-refractivity contribution in [1.29, 1.82) is 0 Å². The molecule has 1 saturated carbocycles. The molecule has 0 aromatic heterocycles. The highest BCUT2D eigenvalue weighted by molar-refractivity contribution is 5.98. The van der Waals surface area contributed by atoms with E-state index in [0.717, 1.165) is 43.5 Å². The van der Waals surface area contributed by atoms with Gasteiger partial charge in [-0.3, -0.25) is 14.4 Å². The van der Waals surface area contributed by atoms with Crippen LogP contribution in [0.25, 0.3) is 0 Å². The van der Waals surface area contributed by atoms with E-state index in [1.54, 1.807) is 30.3 Å². The third-order valence-electron chi connectivity index (χ3n) is 5.93. The lowest BCUT2D eigenvalue weighted by molar-refractivity contribution is -0.117. The molecule has 2 aromatic rings. The molecule has 4 N–H and O–H groups in total. The first-order chi connectivity index (χ1) is 16.0. The van der Waals surface area contributed by atoms with Gasteiger partial charge in [0.05, 0.1) is 12.6 Å². The Morgan fingerprint density at radius 1 is 0.970 bits per heavy atom. The lowest BCUT2D eigenvalue weighted by Crippen LogP contribution is -2.31. The smallest absolute Gasteiger partial charge is 0.251 e. The lowest BCUT2D eigenvalue weighted by Gasteiger charge is -2.14. The van der Waals surface area contributed by atoms with E-state index in [1.807, 2.05) is 19.1 Å². The van der Waals surface area contributed by atoms with Crippen LogP contribution in [0.1, 0.15) is 41.6 Å². The maximum absolute atomic E-state index is 12.4. The van der Waals surface area contributed by atoms with Gasteiger partial charge in [-0.05, 0) is 74.6 Å². The summed E-state index contributed by atoms with van der Waals surface area (Å²) >= 11 is 0. The molecule has 4 rings (SSSR count). The van der Waals surface area contributed by atoms with Crippen molar-refractivity contribution in [2.75, 3.05) is 35.6 Å². The van der Waals surface area contributed by atoms with Crippen LogP contribution >= 0.6 is 0 Å². The predicted molar refractivity (Wildman–Crippen MR) is 127 cm³/mol. The van der Waals surface area contributed by atoms with Crippen LogP contribution in [0.5, 0.6) is 0 Å². The normalized spacial score (nSPS) is 17.3. The second kappa shape index (κ2) is 10.5. The lowest BCUT2D eigenvalue weighted by atomic mass is 10.1. The van der Waals surface area contributed by atoms with E-state index in [9.17, 15) is 14.4 Å². The Hall–Kier alpha value is -3.39. The SMILES string of the molecule is Cc1c(NC(=O)CNc2ccc(C(=O)NCC3CCCO3)cc2)cccc1NC(=O)C1CC1.